The molecule has 0 bridgehead atoms. The van der Waals surface area contributed by atoms with Crippen LogP contribution in [-0.2, 0) is 6.54 Å². The van der Waals surface area contributed by atoms with E-state index in [1.807, 2.05) is 42.9 Å². The second-order valence-electron chi connectivity index (χ2n) is 6.09. The second-order valence-corrected chi connectivity index (χ2v) is 6.09. The summed E-state index contributed by atoms with van der Waals surface area (Å²) in [4.78, 5) is 12.3. The molecule has 1 aromatic carbocycles. The van der Waals surface area contributed by atoms with Gasteiger partial charge in [-0.3, -0.25) is 4.68 Å². The number of anilines is 2. The van der Waals surface area contributed by atoms with Crippen molar-refractivity contribution in [2.45, 2.75) is 39.2 Å². The van der Waals surface area contributed by atoms with Gasteiger partial charge in [0.2, 0.25) is 0 Å². The van der Waals surface area contributed by atoms with Gasteiger partial charge in [-0.25, -0.2) is 4.79 Å². The van der Waals surface area contributed by atoms with Crippen LogP contribution < -0.4 is 10.6 Å². The van der Waals surface area contributed by atoms with Gasteiger partial charge in [-0.05, 0) is 44.9 Å². The Hall–Kier alpha value is -2.83. The molecule has 2 aromatic heterocycles. The van der Waals surface area contributed by atoms with Gasteiger partial charge in [0, 0.05) is 23.5 Å². The van der Waals surface area contributed by atoms with Crippen LogP contribution in [0.15, 0.2) is 28.9 Å². The third-order valence-corrected chi connectivity index (χ3v) is 4.28. The number of amides is 2. The average Bonchev–Trinajstić information content (AvgIpc) is 3.24. The molecule has 0 aliphatic heterocycles. The van der Waals surface area contributed by atoms with Gasteiger partial charge in [0.05, 0.1) is 11.7 Å². The third-order valence-electron chi connectivity index (χ3n) is 4.28. The fourth-order valence-electron chi connectivity index (χ4n) is 2.84. The maximum atomic E-state index is 12.3. The van der Waals surface area contributed by atoms with E-state index in [0.29, 0.717) is 17.3 Å². The molecule has 0 spiro atoms. The predicted octanol–water partition coefficient (Wildman–Crippen LogP) is 3.87. The zero-order valence-corrected chi connectivity index (χ0v) is 13.7. The molecule has 124 valence electrons. The van der Waals surface area contributed by atoms with Crippen LogP contribution >= 0.6 is 0 Å². The zero-order chi connectivity index (χ0) is 16.7. The van der Waals surface area contributed by atoms with E-state index in [2.05, 4.69) is 20.9 Å². The van der Waals surface area contributed by atoms with Crippen molar-refractivity contribution in [1.82, 2.24) is 14.9 Å². The maximum Gasteiger partial charge on any atom is 0.323 e. The summed E-state index contributed by atoms with van der Waals surface area (Å²) in [6.45, 7) is 4.65. The second kappa shape index (κ2) is 5.67. The molecule has 0 radical (unpaired) electrons. The maximum absolute atomic E-state index is 12.3. The lowest BCUT2D eigenvalue weighted by molar-refractivity contribution is 0.262. The lowest BCUT2D eigenvalue weighted by Crippen LogP contribution is -2.20. The van der Waals surface area contributed by atoms with Crippen LogP contribution in [0.1, 0.15) is 37.1 Å². The van der Waals surface area contributed by atoms with Crippen LogP contribution in [0.2, 0.25) is 0 Å². The Kier molecular flexibility index (Phi) is 3.48. The Balaban J connectivity index is 1.53. The first kappa shape index (κ1) is 14.7. The molecule has 2 heterocycles. The summed E-state index contributed by atoms with van der Waals surface area (Å²) in [5.74, 6) is 1.17. The Bertz CT molecular complexity index is 907. The minimum atomic E-state index is -0.301. The van der Waals surface area contributed by atoms with Gasteiger partial charge in [-0.1, -0.05) is 5.16 Å². The summed E-state index contributed by atoms with van der Waals surface area (Å²) < 4.78 is 7.24. The summed E-state index contributed by atoms with van der Waals surface area (Å²) in [6, 6.07) is 5.44. The Morgan fingerprint density at radius 2 is 2.21 bits per heavy atom. The lowest BCUT2D eigenvalue weighted by Gasteiger charge is -2.08. The van der Waals surface area contributed by atoms with Crippen LogP contribution in [-0.4, -0.2) is 21.0 Å². The van der Waals surface area contributed by atoms with Gasteiger partial charge in [-0.15, -0.1) is 0 Å². The molecule has 2 N–H and O–H groups in total. The zero-order valence-electron chi connectivity index (χ0n) is 13.7. The average molecular weight is 325 g/mol. The fourth-order valence-corrected chi connectivity index (χ4v) is 2.84. The van der Waals surface area contributed by atoms with Crippen LogP contribution in [0.5, 0.6) is 0 Å². The number of carbonyl (C=O) groups excluding carboxylic acids is 1. The van der Waals surface area contributed by atoms with E-state index in [1.54, 1.807) is 0 Å². The number of urea groups is 1. The quantitative estimate of drug-likeness (QED) is 0.762. The third kappa shape index (κ3) is 2.62. The molecule has 0 unspecified atom stereocenters. The summed E-state index contributed by atoms with van der Waals surface area (Å²) in [5.41, 5.74) is 3.11. The number of aromatic nitrogens is 3. The molecule has 7 nitrogen and oxygen atoms in total. The van der Waals surface area contributed by atoms with Crippen molar-refractivity contribution in [2.24, 2.45) is 0 Å². The molecule has 0 atom stereocenters. The lowest BCUT2D eigenvalue weighted by atomic mass is 10.2. The Morgan fingerprint density at radius 1 is 1.38 bits per heavy atom. The summed E-state index contributed by atoms with van der Waals surface area (Å²) in [7, 11) is 0. The van der Waals surface area contributed by atoms with Gasteiger partial charge in [0.25, 0.3) is 0 Å². The van der Waals surface area contributed by atoms with Gasteiger partial charge in [0.15, 0.2) is 5.76 Å². The normalized spacial score (nSPS) is 14.1. The molecular weight excluding hydrogens is 306 g/mol. The number of benzene rings is 1. The van der Waals surface area contributed by atoms with Crippen LogP contribution in [0.3, 0.4) is 0 Å². The monoisotopic (exact) mass is 325 g/mol. The number of carbonyl (C=O) groups is 1. The summed E-state index contributed by atoms with van der Waals surface area (Å²) >= 11 is 0. The van der Waals surface area contributed by atoms with Crippen LogP contribution in [0.4, 0.5) is 16.2 Å². The molecule has 4 rings (SSSR count). The van der Waals surface area contributed by atoms with Crippen molar-refractivity contribution in [2.75, 3.05) is 10.6 Å². The molecule has 1 aliphatic carbocycles. The minimum Gasteiger partial charge on any atom is -0.359 e. The highest BCUT2D eigenvalue weighted by Crippen LogP contribution is 2.44. The van der Waals surface area contributed by atoms with E-state index < -0.39 is 0 Å². The Morgan fingerprint density at radius 3 is 2.96 bits per heavy atom. The largest absolute Gasteiger partial charge is 0.359 e. The summed E-state index contributed by atoms with van der Waals surface area (Å²) in [5, 5.41) is 15.1. The predicted molar refractivity (Wildman–Crippen MR) is 91.3 cm³/mol. The minimum absolute atomic E-state index is 0.301. The highest BCUT2D eigenvalue weighted by Gasteiger charge is 2.32. The molecule has 1 fully saturated rings. The van der Waals surface area contributed by atoms with Crippen molar-refractivity contribution in [3.63, 3.8) is 0 Å². The van der Waals surface area contributed by atoms with Gasteiger partial charge >= 0.3 is 6.03 Å². The molecule has 3 aromatic rings. The molecule has 24 heavy (non-hydrogen) atoms. The fraction of sp³-hybridized carbons (Fsp3) is 0.353. The number of nitrogens with one attached hydrogen (secondary N) is 2. The van der Waals surface area contributed by atoms with E-state index in [-0.39, 0.29) is 6.03 Å². The number of rotatable bonds is 4. The van der Waals surface area contributed by atoms with Crippen molar-refractivity contribution in [1.29, 1.82) is 0 Å². The number of nitrogens with zero attached hydrogens (tertiary/aromatic N) is 3. The molecule has 7 heteroatoms. The number of fused-ring (bicyclic) bond motifs is 1. The van der Waals surface area contributed by atoms with E-state index in [9.17, 15) is 4.79 Å². The number of hydrogen-bond acceptors (Lipinski definition) is 4. The van der Waals surface area contributed by atoms with Crippen molar-refractivity contribution in [3.8, 4) is 0 Å². The molecule has 0 saturated heterocycles. The Labute approximate surface area is 139 Å². The van der Waals surface area contributed by atoms with Gasteiger partial charge in [0.1, 0.15) is 11.4 Å². The SMILES string of the molecule is CCn1ncc2ccc(NC(=O)Nc3c(C)noc3C3CC3)cc21. The number of aryl methyl sites for hydroxylation is 2. The van der Waals surface area contributed by atoms with Gasteiger partial charge < -0.3 is 15.2 Å². The molecular formula is C17H19N5O2. The van der Waals surface area contributed by atoms with Crippen molar-refractivity contribution >= 4 is 28.3 Å². The number of hydrogen-bond donors (Lipinski definition) is 2. The van der Waals surface area contributed by atoms with E-state index >= 15 is 0 Å². The first-order valence-corrected chi connectivity index (χ1v) is 8.15. The van der Waals surface area contributed by atoms with E-state index in [1.165, 1.54) is 0 Å². The van der Waals surface area contributed by atoms with Crippen molar-refractivity contribution < 1.29 is 9.32 Å². The molecule has 2 amide bonds. The molecule has 1 saturated carbocycles. The smallest absolute Gasteiger partial charge is 0.323 e. The topological polar surface area (TPSA) is 85.0 Å². The van der Waals surface area contributed by atoms with Crippen molar-refractivity contribution in [3.05, 3.63) is 35.9 Å². The standard InChI is InChI=1S/C17H19N5O2/c1-3-22-14-8-13(7-6-12(14)9-18-22)19-17(23)20-15-10(2)21-24-16(15)11-4-5-11/h6-9,11H,3-5H2,1-2H3,(H2,19,20,23). The van der Waals surface area contributed by atoms with Gasteiger partial charge in [-0.2, -0.15) is 5.10 Å². The highest BCUT2D eigenvalue weighted by atomic mass is 16.5. The first-order valence-electron chi connectivity index (χ1n) is 8.15. The molecule has 1 aliphatic rings. The van der Waals surface area contributed by atoms with E-state index in [4.69, 9.17) is 4.52 Å². The van der Waals surface area contributed by atoms with E-state index in [0.717, 1.165) is 41.7 Å². The van der Waals surface area contributed by atoms with Crippen LogP contribution in [0, 0.1) is 6.92 Å². The first-order chi connectivity index (χ1) is 11.7. The highest BCUT2D eigenvalue weighted by molar-refractivity contribution is 6.01. The summed E-state index contributed by atoms with van der Waals surface area (Å²) in [6.07, 6.45) is 4.00. The van der Waals surface area contributed by atoms with Crippen LogP contribution in [0.25, 0.3) is 10.9 Å².